The van der Waals surface area contributed by atoms with Crippen LogP contribution in [0.15, 0.2) is 30.3 Å². The van der Waals surface area contributed by atoms with Crippen molar-refractivity contribution < 1.29 is 4.79 Å². The summed E-state index contributed by atoms with van der Waals surface area (Å²) in [6.45, 7) is 2.55. The standard InChI is InChI=1S/C14H18N2O/c1-3-8-13(4-2)16-14(17)15-11-12-9-6-5-7-10-12/h2,5-7,9-10,13H,3,8,11H2,1H3,(H2,15,16,17). The lowest BCUT2D eigenvalue weighted by Crippen LogP contribution is -2.41. The van der Waals surface area contributed by atoms with Crippen molar-refractivity contribution in [3.05, 3.63) is 35.9 Å². The third kappa shape index (κ3) is 5.07. The molecule has 90 valence electrons. The first-order chi connectivity index (χ1) is 8.26. The second kappa shape index (κ2) is 7.34. The van der Waals surface area contributed by atoms with Gasteiger partial charge in [-0.3, -0.25) is 0 Å². The molecule has 0 bridgehead atoms. The fourth-order valence-electron chi connectivity index (χ4n) is 1.47. The van der Waals surface area contributed by atoms with Crippen LogP contribution in [0.1, 0.15) is 25.3 Å². The van der Waals surface area contributed by atoms with Crippen molar-refractivity contribution in [2.75, 3.05) is 0 Å². The van der Waals surface area contributed by atoms with Gasteiger partial charge in [0.05, 0.1) is 6.04 Å². The maximum absolute atomic E-state index is 11.5. The summed E-state index contributed by atoms with van der Waals surface area (Å²) in [6.07, 6.45) is 7.07. The van der Waals surface area contributed by atoms with Crippen LogP contribution < -0.4 is 10.6 Å². The number of urea groups is 1. The molecule has 0 aliphatic carbocycles. The smallest absolute Gasteiger partial charge is 0.316 e. The molecule has 0 aliphatic heterocycles. The predicted molar refractivity (Wildman–Crippen MR) is 69.3 cm³/mol. The zero-order valence-corrected chi connectivity index (χ0v) is 10.1. The van der Waals surface area contributed by atoms with E-state index in [0.29, 0.717) is 6.54 Å². The lowest BCUT2D eigenvalue weighted by molar-refractivity contribution is 0.238. The first kappa shape index (κ1) is 13.1. The SMILES string of the molecule is C#CC(CCC)NC(=O)NCc1ccccc1. The summed E-state index contributed by atoms with van der Waals surface area (Å²) >= 11 is 0. The first-order valence-corrected chi connectivity index (χ1v) is 5.80. The van der Waals surface area contributed by atoms with E-state index in [9.17, 15) is 4.79 Å². The quantitative estimate of drug-likeness (QED) is 0.749. The molecule has 17 heavy (non-hydrogen) atoms. The van der Waals surface area contributed by atoms with Crippen LogP contribution in [-0.4, -0.2) is 12.1 Å². The van der Waals surface area contributed by atoms with Crippen molar-refractivity contribution in [2.45, 2.75) is 32.4 Å². The van der Waals surface area contributed by atoms with Gasteiger partial charge in [-0.25, -0.2) is 4.79 Å². The van der Waals surface area contributed by atoms with Crippen LogP contribution in [-0.2, 0) is 6.54 Å². The van der Waals surface area contributed by atoms with Gasteiger partial charge < -0.3 is 10.6 Å². The fraction of sp³-hybridized carbons (Fsp3) is 0.357. The third-order valence-corrected chi connectivity index (χ3v) is 2.38. The number of hydrogen-bond acceptors (Lipinski definition) is 1. The molecule has 3 nitrogen and oxygen atoms in total. The third-order valence-electron chi connectivity index (χ3n) is 2.38. The zero-order chi connectivity index (χ0) is 12.5. The van der Waals surface area contributed by atoms with Crippen molar-refractivity contribution in [1.82, 2.24) is 10.6 Å². The topological polar surface area (TPSA) is 41.1 Å². The highest BCUT2D eigenvalue weighted by Crippen LogP contribution is 1.98. The molecule has 1 aromatic rings. The van der Waals surface area contributed by atoms with E-state index in [4.69, 9.17) is 6.42 Å². The van der Waals surface area contributed by atoms with Gasteiger partial charge >= 0.3 is 6.03 Å². The summed E-state index contributed by atoms with van der Waals surface area (Å²) in [5.41, 5.74) is 1.07. The van der Waals surface area contributed by atoms with Crippen molar-refractivity contribution >= 4 is 6.03 Å². The molecule has 3 heteroatoms. The van der Waals surface area contributed by atoms with Crippen molar-refractivity contribution in [1.29, 1.82) is 0 Å². The Morgan fingerprint density at radius 1 is 1.41 bits per heavy atom. The molecule has 0 fully saturated rings. The van der Waals surface area contributed by atoms with Crippen LogP contribution in [0.5, 0.6) is 0 Å². The number of rotatable bonds is 5. The zero-order valence-electron chi connectivity index (χ0n) is 10.1. The normalized spacial score (nSPS) is 11.3. The minimum absolute atomic E-state index is 0.184. The summed E-state index contributed by atoms with van der Waals surface area (Å²) in [5, 5.41) is 5.53. The molecule has 2 N–H and O–H groups in total. The molecular formula is C14H18N2O. The number of carbonyl (C=O) groups excluding carboxylic acids is 1. The van der Waals surface area contributed by atoms with Crippen molar-refractivity contribution in [3.63, 3.8) is 0 Å². The van der Waals surface area contributed by atoms with Gasteiger partial charge in [0.2, 0.25) is 0 Å². The predicted octanol–water partition coefficient (Wildman–Crippen LogP) is 2.29. The number of benzene rings is 1. The highest BCUT2D eigenvalue weighted by molar-refractivity contribution is 5.74. The van der Waals surface area contributed by atoms with Gasteiger partial charge in [0.1, 0.15) is 0 Å². The number of nitrogens with one attached hydrogen (secondary N) is 2. The lowest BCUT2D eigenvalue weighted by atomic mass is 10.2. The van der Waals surface area contributed by atoms with Crippen molar-refractivity contribution in [3.8, 4) is 12.3 Å². The largest absolute Gasteiger partial charge is 0.334 e. The number of carbonyl (C=O) groups is 1. The number of hydrogen-bond donors (Lipinski definition) is 2. The summed E-state index contributed by atoms with van der Waals surface area (Å²) in [5.74, 6) is 2.56. The van der Waals surface area contributed by atoms with E-state index in [0.717, 1.165) is 18.4 Å². The van der Waals surface area contributed by atoms with E-state index in [2.05, 4.69) is 16.6 Å². The Hall–Kier alpha value is -1.95. The van der Waals surface area contributed by atoms with E-state index in [1.807, 2.05) is 37.3 Å². The van der Waals surface area contributed by atoms with Crippen LogP contribution in [0.25, 0.3) is 0 Å². The Balaban J connectivity index is 2.33. The molecule has 0 heterocycles. The second-order valence-corrected chi connectivity index (χ2v) is 3.82. The molecule has 0 radical (unpaired) electrons. The van der Waals surface area contributed by atoms with Crippen LogP contribution in [0.3, 0.4) is 0 Å². The average Bonchev–Trinajstić information content (AvgIpc) is 2.37. The molecule has 0 saturated heterocycles. The summed E-state index contributed by atoms with van der Waals surface area (Å²) in [4.78, 5) is 11.5. The van der Waals surface area contributed by atoms with E-state index >= 15 is 0 Å². The molecule has 0 aliphatic rings. The van der Waals surface area contributed by atoms with Gasteiger partial charge in [0, 0.05) is 6.54 Å². The van der Waals surface area contributed by atoms with E-state index in [1.54, 1.807) is 0 Å². The molecule has 0 saturated carbocycles. The second-order valence-electron chi connectivity index (χ2n) is 3.82. The highest BCUT2D eigenvalue weighted by atomic mass is 16.2. The summed E-state index contributed by atoms with van der Waals surface area (Å²) in [6, 6.07) is 9.35. The summed E-state index contributed by atoms with van der Waals surface area (Å²) < 4.78 is 0. The molecule has 1 aromatic carbocycles. The van der Waals surface area contributed by atoms with E-state index < -0.39 is 0 Å². The van der Waals surface area contributed by atoms with Crippen LogP contribution in [0.4, 0.5) is 4.79 Å². The molecule has 2 amide bonds. The first-order valence-electron chi connectivity index (χ1n) is 5.80. The molecule has 1 unspecified atom stereocenters. The maximum atomic E-state index is 11.5. The lowest BCUT2D eigenvalue weighted by Gasteiger charge is -2.12. The van der Waals surface area contributed by atoms with Gasteiger partial charge in [-0.05, 0) is 12.0 Å². The fourth-order valence-corrected chi connectivity index (χ4v) is 1.47. The van der Waals surface area contributed by atoms with Gasteiger partial charge in [-0.1, -0.05) is 49.6 Å². The Morgan fingerprint density at radius 2 is 2.12 bits per heavy atom. The van der Waals surface area contributed by atoms with Crippen LogP contribution in [0, 0.1) is 12.3 Å². The van der Waals surface area contributed by atoms with E-state index in [-0.39, 0.29) is 12.1 Å². The van der Waals surface area contributed by atoms with E-state index in [1.165, 1.54) is 0 Å². The Bertz CT molecular complexity index is 381. The number of amides is 2. The van der Waals surface area contributed by atoms with Gasteiger partial charge in [0.25, 0.3) is 0 Å². The molecule has 1 rings (SSSR count). The Morgan fingerprint density at radius 3 is 2.71 bits per heavy atom. The summed E-state index contributed by atoms with van der Waals surface area (Å²) in [7, 11) is 0. The van der Waals surface area contributed by atoms with Gasteiger partial charge in [-0.15, -0.1) is 6.42 Å². The minimum atomic E-state index is -0.217. The number of terminal acetylenes is 1. The van der Waals surface area contributed by atoms with Gasteiger partial charge in [-0.2, -0.15) is 0 Å². The minimum Gasteiger partial charge on any atom is -0.334 e. The molecule has 1 atom stereocenters. The Kier molecular flexibility index (Phi) is 5.67. The Labute approximate surface area is 103 Å². The maximum Gasteiger partial charge on any atom is 0.316 e. The highest BCUT2D eigenvalue weighted by Gasteiger charge is 2.07. The molecule has 0 spiro atoms. The monoisotopic (exact) mass is 230 g/mol. The van der Waals surface area contributed by atoms with Crippen molar-refractivity contribution in [2.24, 2.45) is 0 Å². The molecular weight excluding hydrogens is 212 g/mol. The van der Waals surface area contributed by atoms with Crippen LogP contribution >= 0.6 is 0 Å². The van der Waals surface area contributed by atoms with Gasteiger partial charge in [0.15, 0.2) is 0 Å². The molecule has 0 aromatic heterocycles. The average molecular weight is 230 g/mol. The van der Waals surface area contributed by atoms with Crippen LogP contribution in [0.2, 0.25) is 0 Å².